The van der Waals surface area contributed by atoms with Gasteiger partial charge in [0, 0.05) is 0 Å². The summed E-state index contributed by atoms with van der Waals surface area (Å²) in [4.78, 5) is 24.7. The van der Waals surface area contributed by atoms with E-state index in [1.807, 2.05) is 12.1 Å². The Hall–Kier alpha value is -2.62. The van der Waals surface area contributed by atoms with Crippen molar-refractivity contribution < 1.29 is 19.1 Å². The third kappa shape index (κ3) is 3.52. The van der Waals surface area contributed by atoms with Gasteiger partial charge >= 0.3 is 11.9 Å². The number of hydrogen-bond acceptors (Lipinski definition) is 4. The minimum Gasteiger partial charge on any atom is -0.426 e. The molecular formula is C18H18O4. The van der Waals surface area contributed by atoms with Crippen molar-refractivity contribution in [3.63, 3.8) is 0 Å². The molecule has 0 fully saturated rings. The highest BCUT2D eigenvalue weighted by molar-refractivity contribution is 6.01. The highest BCUT2D eigenvalue weighted by Gasteiger charge is 2.43. The maximum absolute atomic E-state index is 12.4. The van der Waals surface area contributed by atoms with Crippen LogP contribution in [0.3, 0.4) is 0 Å². The van der Waals surface area contributed by atoms with E-state index in [1.54, 1.807) is 55.5 Å². The average Bonchev–Trinajstić information content (AvgIpc) is 2.55. The lowest BCUT2D eigenvalue weighted by Crippen LogP contribution is -2.41. The lowest BCUT2D eigenvalue weighted by Gasteiger charge is -2.23. The maximum Gasteiger partial charge on any atom is 0.328 e. The second kappa shape index (κ2) is 6.89. The molecule has 2 aromatic rings. The molecule has 0 aliphatic carbocycles. The van der Waals surface area contributed by atoms with Crippen molar-refractivity contribution in [2.45, 2.75) is 20.3 Å². The zero-order valence-corrected chi connectivity index (χ0v) is 12.6. The Kier molecular flexibility index (Phi) is 4.94. The molecule has 22 heavy (non-hydrogen) atoms. The summed E-state index contributed by atoms with van der Waals surface area (Å²) in [6.07, 6.45) is 0.282. The van der Waals surface area contributed by atoms with Crippen LogP contribution in [0.5, 0.6) is 11.5 Å². The lowest BCUT2D eigenvalue weighted by molar-refractivity contribution is -0.160. The first-order valence-corrected chi connectivity index (χ1v) is 7.11. The van der Waals surface area contributed by atoms with Gasteiger partial charge in [-0.2, -0.15) is 0 Å². The van der Waals surface area contributed by atoms with E-state index in [0.29, 0.717) is 11.5 Å². The van der Waals surface area contributed by atoms with Gasteiger partial charge in [-0.25, -0.2) is 0 Å². The van der Waals surface area contributed by atoms with Crippen LogP contribution in [0.15, 0.2) is 60.7 Å². The molecule has 0 N–H and O–H groups in total. The fourth-order valence-corrected chi connectivity index (χ4v) is 1.79. The Labute approximate surface area is 129 Å². The van der Waals surface area contributed by atoms with Crippen LogP contribution < -0.4 is 9.47 Å². The normalized spacial score (nSPS) is 10.8. The molecule has 0 heterocycles. The van der Waals surface area contributed by atoms with Gasteiger partial charge < -0.3 is 9.47 Å². The van der Waals surface area contributed by atoms with Crippen molar-refractivity contribution >= 4 is 11.9 Å². The minimum absolute atomic E-state index is 0.282. The average molecular weight is 298 g/mol. The predicted molar refractivity (Wildman–Crippen MR) is 82.6 cm³/mol. The van der Waals surface area contributed by atoms with Crippen LogP contribution >= 0.6 is 0 Å². The monoisotopic (exact) mass is 298 g/mol. The van der Waals surface area contributed by atoms with E-state index < -0.39 is 17.4 Å². The van der Waals surface area contributed by atoms with Crippen LogP contribution in [0, 0.1) is 5.41 Å². The van der Waals surface area contributed by atoms with Gasteiger partial charge in [-0.15, -0.1) is 0 Å². The molecule has 0 atom stereocenters. The maximum atomic E-state index is 12.4. The first-order chi connectivity index (χ1) is 10.6. The zero-order valence-electron chi connectivity index (χ0n) is 12.6. The molecule has 0 saturated heterocycles. The molecule has 0 bridgehead atoms. The van der Waals surface area contributed by atoms with Gasteiger partial charge in [0.25, 0.3) is 0 Å². The summed E-state index contributed by atoms with van der Waals surface area (Å²) in [5, 5.41) is 0. The number of benzene rings is 2. The summed E-state index contributed by atoms with van der Waals surface area (Å²) in [5.74, 6) is -0.441. The number of esters is 2. The Morgan fingerprint density at radius 3 is 1.50 bits per heavy atom. The summed E-state index contributed by atoms with van der Waals surface area (Å²) < 4.78 is 10.6. The van der Waals surface area contributed by atoms with Crippen molar-refractivity contribution in [1.82, 2.24) is 0 Å². The highest BCUT2D eigenvalue weighted by Crippen LogP contribution is 2.27. The predicted octanol–water partition coefficient (Wildman–Crippen LogP) is 3.61. The largest absolute Gasteiger partial charge is 0.426 e. The standard InChI is InChI=1S/C18H18O4/c1-3-18(2,16(19)21-14-10-6-4-7-11-14)17(20)22-15-12-8-5-9-13-15/h4-13H,3H2,1-2H3. The first-order valence-electron chi connectivity index (χ1n) is 7.11. The topological polar surface area (TPSA) is 52.6 Å². The Morgan fingerprint density at radius 2 is 1.18 bits per heavy atom. The Morgan fingerprint density at radius 1 is 0.818 bits per heavy atom. The molecule has 4 heteroatoms. The van der Waals surface area contributed by atoms with Gasteiger partial charge in [0.1, 0.15) is 11.5 Å². The number of carbonyl (C=O) groups is 2. The van der Waals surface area contributed by atoms with E-state index in [4.69, 9.17) is 9.47 Å². The van der Waals surface area contributed by atoms with Gasteiger partial charge in [0.2, 0.25) is 0 Å². The second-order valence-corrected chi connectivity index (χ2v) is 5.09. The van der Waals surface area contributed by atoms with E-state index in [9.17, 15) is 9.59 Å². The molecule has 0 spiro atoms. The summed E-state index contributed by atoms with van der Waals surface area (Å²) in [6.45, 7) is 3.28. The quantitative estimate of drug-likeness (QED) is 0.480. The highest BCUT2D eigenvalue weighted by atomic mass is 16.6. The molecule has 0 aliphatic heterocycles. The van der Waals surface area contributed by atoms with E-state index >= 15 is 0 Å². The fourth-order valence-electron chi connectivity index (χ4n) is 1.79. The molecule has 0 amide bonds. The van der Waals surface area contributed by atoms with Crippen molar-refractivity contribution in [2.24, 2.45) is 5.41 Å². The third-order valence-corrected chi connectivity index (χ3v) is 3.52. The van der Waals surface area contributed by atoms with E-state index in [0.717, 1.165) is 0 Å². The number of para-hydroxylation sites is 2. The zero-order chi connectivity index (χ0) is 16.0. The molecule has 0 unspecified atom stereocenters. The summed E-state index contributed by atoms with van der Waals surface area (Å²) in [6, 6.07) is 17.3. The van der Waals surface area contributed by atoms with Crippen LogP contribution in [0.25, 0.3) is 0 Å². The number of hydrogen-bond donors (Lipinski definition) is 0. The molecule has 2 rings (SSSR count). The van der Waals surface area contributed by atoms with Crippen LogP contribution in [0.4, 0.5) is 0 Å². The second-order valence-electron chi connectivity index (χ2n) is 5.09. The number of carbonyl (C=O) groups excluding carboxylic acids is 2. The van der Waals surface area contributed by atoms with Crippen molar-refractivity contribution in [3.05, 3.63) is 60.7 Å². The summed E-state index contributed by atoms with van der Waals surface area (Å²) in [5.41, 5.74) is -1.36. The van der Waals surface area contributed by atoms with Crippen LogP contribution in [-0.2, 0) is 9.59 Å². The van der Waals surface area contributed by atoms with E-state index in [2.05, 4.69) is 0 Å². The van der Waals surface area contributed by atoms with Crippen molar-refractivity contribution in [2.75, 3.05) is 0 Å². The van der Waals surface area contributed by atoms with Gasteiger partial charge in [0.05, 0.1) is 0 Å². The molecule has 0 radical (unpaired) electrons. The Bertz CT molecular complexity index is 581. The van der Waals surface area contributed by atoms with Crippen molar-refractivity contribution in [3.8, 4) is 11.5 Å². The molecule has 0 aromatic heterocycles. The van der Waals surface area contributed by atoms with E-state index in [-0.39, 0.29) is 6.42 Å². The Balaban J connectivity index is 2.13. The lowest BCUT2D eigenvalue weighted by atomic mass is 9.88. The molecule has 0 saturated carbocycles. The first kappa shape index (κ1) is 15.8. The molecule has 114 valence electrons. The van der Waals surface area contributed by atoms with Crippen LogP contribution in [-0.4, -0.2) is 11.9 Å². The van der Waals surface area contributed by atoms with E-state index in [1.165, 1.54) is 6.92 Å². The molecule has 0 aliphatic rings. The number of rotatable bonds is 5. The van der Waals surface area contributed by atoms with Gasteiger partial charge in [-0.3, -0.25) is 9.59 Å². The van der Waals surface area contributed by atoms with Crippen LogP contribution in [0.2, 0.25) is 0 Å². The minimum atomic E-state index is -1.36. The van der Waals surface area contributed by atoms with Gasteiger partial charge in [-0.1, -0.05) is 43.3 Å². The van der Waals surface area contributed by atoms with Gasteiger partial charge in [-0.05, 0) is 37.6 Å². The smallest absolute Gasteiger partial charge is 0.328 e. The molecular weight excluding hydrogens is 280 g/mol. The fraction of sp³-hybridized carbons (Fsp3) is 0.222. The number of ether oxygens (including phenoxy) is 2. The molecule has 4 nitrogen and oxygen atoms in total. The van der Waals surface area contributed by atoms with Gasteiger partial charge in [0.15, 0.2) is 5.41 Å². The molecule has 2 aromatic carbocycles. The summed E-state index contributed by atoms with van der Waals surface area (Å²) >= 11 is 0. The SMILES string of the molecule is CCC(C)(C(=O)Oc1ccccc1)C(=O)Oc1ccccc1. The summed E-state index contributed by atoms with van der Waals surface area (Å²) in [7, 11) is 0. The van der Waals surface area contributed by atoms with Crippen molar-refractivity contribution in [1.29, 1.82) is 0 Å². The van der Waals surface area contributed by atoms with Crippen LogP contribution in [0.1, 0.15) is 20.3 Å². The third-order valence-electron chi connectivity index (χ3n) is 3.52.